The molecule has 0 aliphatic heterocycles. The van der Waals surface area contributed by atoms with Gasteiger partial charge >= 0.3 is 5.91 Å². The zero-order valence-corrected chi connectivity index (χ0v) is 13.1. The number of hydrogen-bond acceptors (Lipinski definition) is 5. The number of furan rings is 1. The van der Waals surface area contributed by atoms with Crippen LogP contribution in [-0.2, 0) is 21.2 Å². The molecule has 0 fully saturated rings. The molecule has 0 aliphatic rings. The molecule has 1 aromatic heterocycles. The van der Waals surface area contributed by atoms with Gasteiger partial charge in [-0.05, 0) is 43.2 Å². The van der Waals surface area contributed by atoms with Gasteiger partial charge in [-0.25, -0.2) is 13.1 Å². The first-order valence-corrected chi connectivity index (χ1v) is 8.12. The summed E-state index contributed by atoms with van der Waals surface area (Å²) in [6.45, 7) is 2.23. The number of aryl methyl sites for hydroxylation is 1. The number of sulfonamides is 1. The maximum absolute atomic E-state index is 12.1. The van der Waals surface area contributed by atoms with Crippen LogP contribution >= 0.6 is 0 Å². The molecule has 0 saturated carbocycles. The topological polar surface area (TPSA) is 85.6 Å². The van der Waals surface area contributed by atoms with Crippen LogP contribution in [0.5, 0.6) is 0 Å². The SMILES string of the molecule is COCCc1ccc(S(=O)(=O)NC(=O)c2ccc(C)o2)cc1. The fraction of sp³-hybridized carbons (Fsp3) is 0.267. The molecule has 0 bridgehead atoms. The molecule has 1 amide bonds. The second kappa shape index (κ2) is 6.76. The van der Waals surface area contributed by atoms with Gasteiger partial charge in [-0.2, -0.15) is 0 Å². The van der Waals surface area contributed by atoms with E-state index >= 15 is 0 Å². The Bertz CT molecular complexity index is 746. The third-order valence-electron chi connectivity index (χ3n) is 3.02. The lowest BCUT2D eigenvalue weighted by Gasteiger charge is -2.07. The minimum Gasteiger partial charge on any atom is -0.456 e. The summed E-state index contributed by atoms with van der Waals surface area (Å²) in [6, 6.07) is 9.30. The molecular formula is C15H17NO5S. The lowest BCUT2D eigenvalue weighted by Crippen LogP contribution is -2.30. The van der Waals surface area contributed by atoms with Gasteiger partial charge in [0.1, 0.15) is 5.76 Å². The summed E-state index contributed by atoms with van der Waals surface area (Å²) in [5, 5.41) is 0. The van der Waals surface area contributed by atoms with Crippen LogP contribution in [0, 0.1) is 6.92 Å². The van der Waals surface area contributed by atoms with Crippen LogP contribution in [0.25, 0.3) is 0 Å². The van der Waals surface area contributed by atoms with Crippen LogP contribution < -0.4 is 4.72 Å². The van der Waals surface area contributed by atoms with Crippen molar-refractivity contribution >= 4 is 15.9 Å². The van der Waals surface area contributed by atoms with Gasteiger partial charge in [0.05, 0.1) is 11.5 Å². The van der Waals surface area contributed by atoms with Crippen molar-refractivity contribution in [1.29, 1.82) is 0 Å². The molecule has 0 radical (unpaired) electrons. The normalized spacial score (nSPS) is 11.4. The highest BCUT2D eigenvalue weighted by Crippen LogP contribution is 2.13. The average Bonchev–Trinajstić information content (AvgIpc) is 2.92. The third-order valence-corrected chi connectivity index (χ3v) is 4.37. The van der Waals surface area contributed by atoms with E-state index < -0.39 is 15.9 Å². The number of hydrogen-bond donors (Lipinski definition) is 1. The van der Waals surface area contributed by atoms with Crippen molar-refractivity contribution in [2.45, 2.75) is 18.2 Å². The Morgan fingerprint density at radius 3 is 2.41 bits per heavy atom. The summed E-state index contributed by atoms with van der Waals surface area (Å²) in [7, 11) is -2.32. The molecule has 0 atom stereocenters. The van der Waals surface area contributed by atoms with E-state index in [1.165, 1.54) is 18.2 Å². The van der Waals surface area contributed by atoms with E-state index in [0.717, 1.165) is 5.56 Å². The predicted octanol–water partition coefficient (Wildman–Crippen LogP) is 1.90. The van der Waals surface area contributed by atoms with Gasteiger partial charge in [-0.3, -0.25) is 4.79 Å². The molecule has 1 heterocycles. The molecule has 2 aromatic rings. The van der Waals surface area contributed by atoms with Crippen LogP contribution in [0.1, 0.15) is 21.9 Å². The Kier molecular flexibility index (Phi) is 4.99. The van der Waals surface area contributed by atoms with E-state index in [1.54, 1.807) is 32.2 Å². The van der Waals surface area contributed by atoms with Crippen molar-refractivity contribution in [2.24, 2.45) is 0 Å². The zero-order chi connectivity index (χ0) is 16.2. The van der Waals surface area contributed by atoms with Gasteiger partial charge in [0, 0.05) is 7.11 Å². The molecule has 7 heteroatoms. The minimum atomic E-state index is -3.93. The predicted molar refractivity (Wildman–Crippen MR) is 80.1 cm³/mol. The maximum Gasteiger partial charge on any atom is 0.300 e. The first-order valence-electron chi connectivity index (χ1n) is 6.64. The number of methoxy groups -OCH3 is 1. The smallest absolute Gasteiger partial charge is 0.300 e. The first kappa shape index (κ1) is 16.3. The summed E-state index contributed by atoms with van der Waals surface area (Å²) in [5.74, 6) is -0.306. The maximum atomic E-state index is 12.1. The molecule has 1 N–H and O–H groups in total. The molecule has 6 nitrogen and oxygen atoms in total. The fourth-order valence-electron chi connectivity index (χ4n) is 1.84. The molecule has 118 valence electrons. The molecule has 2 rings (SSSR count). The number of nitrogens with one attached hydrogen (secondary N) is 1. The molecule has 0 unspecified atom stereocenters. The van der Waals surface area contributed by atoms with Gasteiger partial charge < -0.3 is 9.15 Å². The van der Waals surface area contributed by atoms with Crippen molar-refractivity contribution in [1.82, 2.24) is 4.72 Å². The van der Waals surface area contributed by atoms with Crippen molar-refractivity contribution in [3.8, 4) is 0 Å². The van der Waals surface area contributed by atoms with Crippen LogP contribution in [0.3, 0.4) is 0 Å². The van der Waals surface area contributed by atoms with Gasteiger partial charge in [0.25, 0.3) is 10.0 Å². The molecular weight excluding hydrogens is 306 g/mol. The van der Waals surface area contributed by atoms with E-state index in [9.17, 15) is 13.2 Å². The zero-order valence-electron chi connectivity index (χ0n) is 12.3. The second-order valence-corrected chi connectivity index (χ2v) is 6.41. The Balaban J connectivity index is 2.11. The number of ether oxygens (including phenoxy) is 1. The first-order chi connectivity index (χ1) is 10.4. The summed E-state index contributed by atoms with van der Waals surface area (Å²) in [6.07, 6.45) is 0.689. The highest BCUT2D eigenvalue weighted by atomic mass is 32.2. The number of benzene rings is 1. The highest BCUT2D eigenvalue weighted by molar-refractivity contribution is 7.90. The number of carbonyl (C=O) groups is 1. The summed E-state index contributed by atoms with van der Waals surface area (Å²) in [4.78, 5) is 11.9. The largest absolute Gasteiger partial charge is 0.456 e. The van der Waals surface area contributed by atoms with Gasteiger partial charge in [0.2, 0.25) is 0 Å². The van der Waals surface area contributed by atoms with Crippen LogP contribution in [0.4, 0.5) is 0 Å². The van der Waals surface area contributed by atoms with Gasteiger partial charge in [-0.1, -0.05) is 12.1 Å². The van der Waals surface area contributed by atoms with Crippen LogP contribution in [0.15, 0.2) is 45.7 Å². The minimum absolute atomic E-state index is 0.0188. The van der Waals surface area contributed by atoms with Gasteiger partial charge in [-0.15, -0.1) is 0 Å². The molecule has 0 saturated heterocycles. The molecule has 22 heavy (non-hydrogen) atoms. The Morgan fingerprint density at radius 1 is 1.18 bits per heavy atom. The summed E-state index contributed by atoms with van der Waals surface area (Å²) in [5.41, 5.74) is 0.953. The van der Waals surface area contributed by atoms with Crippen molar-refractivity contribution < 1.29 is 22.4 Å². The lowest BCUT2D eigenvalue weighted by atomic mass is 10.2. The molecule has 0 spiro atoms. The number of rotatable bonds is 6. The van der Waals surface area contributed by atoms with E-state index in [4.69, 9.17) is 9.15 Å². The van der Waals surface area contributed by atoms with Crippen molar-refractivity contribution in [2.75, 3.05) is 13.7 Å². The van der Waals surface area contributed by atoms with Crippen molar-refractivity contribution in [3.63, 3.8) is 0 Å². The van der Waals surface area contributed by atoms with E-state index in [1.807, 2.05) is 4.72 Å². The molecule has 0 aliphatic carbocycles. The van der Waals surface area contributed by atoms with Crippen LogP contribution in [-0.4, -0.2) is 28.0 Å². The number of carbonyl (C=O) groups excluding carboxylic acids is 1. The molecule has 1 aromatic carbocycles. The third kappa shape index (κ3) is 3.96. The standard InChI is InChI=1S/C15H17NO5S/c1-11-3-8-14(21-11)15(17)16-22(18,19)13-6-4-12(5-7-13)9-10-20-2/h3-8H,9-10H2,1-2H3,(H,16,17). The van der Waals surface area contributed by atoms with E-state index in [-0.39, 0.29) is 10.7 Å². The summed E-state index contributed by atoms with van der Waals surface area (Å²) >= 11 is 0. The second-order valence-electron chi connectivity index (χ2n) is 4.73. The van der Waals surface area contributed by atoms with Crippen molar-refractivity contribution in [3.05, 3.63) is 53.5 Å². The monoisotopic (exact) mass is 323 g/mol. The Morgan fingerprint density at radius 2 is 1.86 bits per heavy atom. The Hall–Kier alpha value is -2.12. The fourth-order valence-corrected chi connectivity index (χ4v) is 2.80. The average molecular weight is 323 g/mol. The van der Waals surface area contributed by atoms with Gasteiger partial charge in [0.15, 0.2) is 5.76 Å². The Labute approximate surface area is 129 Å². The number of amides is 1. The highest BCUT2D eigenvalue weighted by Gasteiger charge is 2.20. The summed E-state index contributed by atoms with van der Waals surface area (Å²) < 4.78 is 36.3. The van der Waals surface area contributed by atoms with Crippen LogP contribution in [0.2, 0.25) is 0 Å². The van der Waals surface area contributed by atoms with E-state index in [0.29, 0.717) is 18.8 Å². The van der Waals surface area contributed by atoms with E-state index in [2.05, 4.69) is 0 Å². The lowest BCUT2D eigenvalue weighted by molar-refractivity contribution is 0.0953. The quantitative estimate of drug-likeness (QED) is 0.877.